The first-order valence-electron chi connectivity index (χ1n) is 8.17. The summed E-state index contributed by atoms with van der Waals surface area (Å²) in [5.41, 5.74) is 0.826. The molecule has 0 unspecified atom stereocenters. The van der Waals surface area contributed by atoms with Crippen LogP contribution in [-0.2, 0) is 11.3 Å². The summed E-state index contributed by atoms with van der Waals surface area (Å²) < 4.78 is 32.3. The SMILES string of the molecule is O=C(CCl)Nc1cccc(Oc2cc(NCc3ccc(F)cc3F)ncn2)c1. The van der Waals surface area contributed by atoms with Gasteiger partial charge in [0.1, 0.15) is 35.4 Å². The van der Waals surface area contributed by atoms with Gasteiger partial charge in [0.05, 0.1) is 0 Å². The second-order valence-corrected chi connectivity index (χ2v) is 5.91. The maximum Gasteiger partial charge on any atom is 0.239 e. The smallest absolute Gasteiger partial charge is 0.239 e. The fourth-order valence-corrected chi connectivity index (χ4v) is 2.36. The quantitative estimate of drug-likeness (QED) is 0.573. The first-order valence-corrected chi connectivity index (χ1v) is 8.70. The summed E-state index contributed by atoms with van der Waals surface area (Å²) in [6.07, 6.45) is 1.29. The fraction of sp³-hybridized carbons (Fsp3) is 0.105. The maximum absolute atomic E-state index is 13.7. The molecule has 0 radical (unpaired) electrons. The summed E-state index contributed by atoms with van der Waals surface area (Å²) in [5.74, 6) is -0.668. The zero-order chi connectivity index (χ0) is 19.9. The number of alkyl halides is 1. The molecule has 0 fully saturated rings. The fourth-order valence-electron chi connectivity index (χ4n) is 2.30. The van der Waals surface area contributed by atoms with Crippen LogP contribution in [0.15, 0.2) is 54.9 Å². The Labute approximate surface area is 164 Å². The molecule has 3 aromatic rings. The Hall–Kier alpha value is -3.26. The zero-order valence-electron chi connectivity index (χ0n) is 14.5. The van der Waals surface area contributed by atoms with Crippen molar-refractivity contribution in [2.75, 3.05) is 16.5 Å². The summed E-state index contributed by atoms with van der Waals surface area (Å²) in [5, 5.41) is 5.55. The van der Waals surface area contributed by atoms with Crippen LogP contribution in [0, 0.1) is 11.6 Å². The van der Waals surface area contributed by atoms with Crippen LogP contribution in [0.1, 0.15) is 5.56 Å². The van der Waals surface area contributed by atoms with Gasteiger partial charge in [0.25, 0.3) is 0 Å². The van der Waals surface area contributed by atoms with E-state index < -0.39 is 11.6 Å². The van der Waals surface area contributed by atoms with Gasteiger partial charge in [-0.1, -0.05) is 12.1 Å². The average Bonchev–Trinajstić information content (AvgIpc) is 2.68. The summed E-state index contributed by atoms with van der Waals surface area (Å²) in [6, 6.07) is 11.6. The van der Waals surface area contributed by atoms with Gasteiger partial charge in [0.2, 0.25) is 11.8 Å². The topological polar surface area (TPSA) is 76.1 Å². The standard InChI is InChI=1S/C19H15ClF2N4O2/c20-9-18(27)26-14-2-1-3-15(7-14)28-19-8-17(24-11-25-19)23-10-12-4-5-13(21)6-16(12)22/h1-8,11H,9-10H2,(H,26,27)(H,23,24,25). The van der Waals surface area contributed by atoms with Crippen molar-refractivity contribution in [2.45, 2.75) is 6.54 Å². The highest BCUT2D eigenvalue weighted by molar-refractivity contribution is 6.29. The van der Waals surface area contributed by atoms with Gasteiger partial charge in [-0.3, -0.25) is 4.79 Å². The molecule has 0 aliphatic heterocycles. The van der Waals surface area contributed by atoms with Crippen molar-refractivity contribution in [3.63, 3.8) is 0 Å². The third-order valence-electron chi connectivity index (χ3n) is 3.58. The Balaban J connectivity index is 1.66. The molecule has 0 bridgehead atoms. The zero-order valence-corrected chi connectivity index (χ0v) is 15.2. The molecule has 0 aliphatic carbocycles. The number of hydrogen-bond acceptors (Lipinski definition) is 5. The number of nitrogens with zero attached hydrogens (tertiary/aromatic N) is 2. The normalized spacial score (nSPS) is 10.4. The number of halogens is 3. The molecule has 9 heteroatoms. The summed E-state index contributed by atoms with van der Waals surface area (Å²) in [6.45, 7) is 0.114. The molecule has 144 valence electrons. The Bertz CT molecular complexity index is 988. The number of hydrogen-bond donors (Lipinski definition) is 2. The van der Waals surface area contributed by atoms with Gasteiger partial charge in [0, 0.05) is 36.0 Å². The number of amides is 1. The minimum absolute atomic E-state index is 0.114. The van der Waals surface area contributed by atoms with E-state index in [1.165, 1.54) is 24.5 Å². The van der Waals surface area contributed by atoms with E-state index in [1.54, 1.807) is 24.3 Å². The van der Waals surface area contributed by atoms with Gasteiger partial charge in [-0.25, -0.2) is 18.7 Å². The van der Waals surface area contributed by atoms with Crippen LogP contribution in [-0.4, -0.2) is 21.8 Å². The number of benzene rings is 2. The second kappa shape index (κ2) is 9.09. The average molecular weight is 405 g/mol. The molecule has 1 amide bonds. The van der Waals surface area contributed by atoms with E-state index in [-0.39, 0.29) is 24.2 Å². The minimum atomic E-state index is -0.645. The highest BCUT2D eigenvalue weighted by Gasteiger charge is 2.07. The van der Waals surface area contributed by atoms with Gasteiger partial charge < -0.3 is 15.4 Å². The number of nitrogens with one attached hydrogen (secondary N) is 2. The minimum Gasteiger partial charge on any atom is -0.439 e. The van der Waals surface area contributed by atoms with Crippen LogP contribution in [0.2, 0.25) is 0 Å². The Morgan fingerprint density at radius 1 is 1.11 bits per heavy atom. The summed E-state index contributed by atoms with van der Waals surface area (Å²) >= 11 is 5.47. The number of anilines is 2. The van der Waals surface area contributed by atoms with Gasteiger partial charge >= 0.3 is 0 Å². The van der Waals surface area contributed by atoms with E-state index in [9.17, 15) is 13.6 Å². The van der Waals surface area contributed by atoms with E-state index in [2.05, 4.69) is 20.6 Å². The van der Waals surface area contributed by atoms with Crippen molar-refractivity contribution in [2.24, 2.45) is 0 Å². The lowest BCUT2D eigenvalue weighted by Gasteiger charge is -2.10. The molecule has 28 heavy (non-hydrogen) atoms. The number of ether oxygens (including phenoxy) is 1. The van der Waals surface area contributed by atoms with E-state index >= 15 is 0 Å². The molecular formula is C19H15ClF2N4O2. The van der Waals surface area contributed by atoms with Gasteiger partial charge in [-0.15, -0.1) is 11.6 Å². The second-order valence-electron chi connectivity index (χ2n) is 5.64. The van der Waals surface area contributed by atoms with Crippen molar-refractivity contribution in [3.05, 3.63) is 72.1 Å². The van der Waals surface area contributed by atoms with Crippen molar-refractivity contribution in [1.29, 1.82) is 0 Å². The molecule has 0 spiro atoms. The van der Waals surface area contributed by atoms with Crippen molar-refractivity contribution >= 4 is 29.0 Å². The molecule has 6 nitrogen and oxygen atoms in total. The molecule has 0 atom stereocenters. The lowest BCUT2D eigenvalue weighted by atomic mass is 10.2. The highest BCUT2D eigenvalue weighted by Crippen LogP contribution is 2.24. The highest BCUT2D eigenvalue weighted by atomic mass is 35.5. The third-order valence-corrected chi connectivity index (χ3v) is 3.82. The summed E-state index contributed by atoms with van der Waals surface area (Å²) in [4.78, 5) is 19.4. The predicted octanol–water partition coefficient (Wildman–Crippen LogP) is 4.34. The van der Waals surface area contributed by atoms with Crippen LogP contribution in [0.3, 0.4) is 0 Å². The van der Waals surface area contributed by atoms with Crippen molar-refractivity contribution < 1.29 is 18.3 Å². The maximum atomic E-state index is 13.7. The molecular weight excluding hydrogens is 390 g/mol. The molecule has 1 aromatic heterocycles. The number of carbonyl (C=O) groups is 1. The molecule has 3 rings (SSSR count). The number of carbonyl (C=O) groups excluding carboxylic acids is 1. The third kappa shape index (κ3) is 5.37. The van der Waals surface area contributed by atoms with Crippen LogP contribution < -0.4 is 15.4 Å². The lowest BCUT2D eigenvalue weighted by molar-refractivity contribution is -0.113. The lowest BCUT2D eigenvalue weighted by Crippen LogP contribution is -2.12. The van der Waals surface area contributed by atoms with Gasteiger partial charge in [0.15, 0.2) is 0 Å². The molecule has 0 saturated carbocycles. The van der Waals surface area contributed by atoms with Crippen LogP contribution in [0.4, 0.5) is 20.3 Å². The Morgan fingerprint density at radius 2 is 1.96 bits per heavy atom. The number of aromatic nitrogens is 2. The molecule has 0 aliphatic rings. The van der Waals surface area contributed by atoms with E-state index in [0.29, 0.717) is 22.8 Å². The number of rotatable bonds is 7. The van der Waals surface area contributed by atoms with Crippen LogP contribution in [0.5, 0.6) is 11.6 Å². The molecule has 2 aromatic carbocycles. The van der Waals surface area contributed by atoms with E-state index in [0.717, 1.165) is 6.07 Å². The van der Waals surface area contributed by atoms with Crippen LogP contribution in [0.25, 0.3) is 0 Å². The molecule has 2 N–H and O–H groups in total. The molecule has 1 heterocycles. The van der Waals surface area contributed by atoms with E-state index in [1.807, 2.05) is 0 Å². The Morgan fingerprint density at radius 3 is 2.75 bits per heavy atom. The summed E-state index contributed by atoms with van der Waals surface area (Å²) in [7, 11) is 0. The first kappa shape index (κ1) is 19.5. The largest absolute Gasteiger partial charge is 0.439 e. The van der Waals surface area contributed by atoms with Crippen molar-refractivity contribution in [1.82, 2.24) is 9.97 Å². The Kier molecular flexibility index (Phi) is 6.33. The molecule has 0 saturated heterocycles. The van der Waals surface area contributed by atoms with Gasteiger partial charge in [-0.05, 0) is 18.2 Å². The van der Waals surface area contributed by atoms with Crippen LogP contribution >= 0.6 is 11.6 Å². The monoisotopic (exact) mass is 404 g/mol. The van der Waals surface area contributed by atoms with Gasteiger partial charge in [-0.2, -0.15) is 0 Å². The van der Waals surface area contributed by atoms with Crippen molar-refractivity contribution in [3.8, 4) is 11.6 Å². The first-order chi connectivity index (χ1) is 13.5. The predicted molar refractivity (Wildman–Crippen MR) is 102 cm³/mol. The van der Waals surface area contributed by atoms with E-state index in [4.69, 9.17) is 16.3 Å².